The summed E-state index contributed by atoms with van der Waals surface area (Å²) < 4.78 is 11.3. The van der Waals surface area contributed by atoms with Crippen molar-refractivity contribution in [1.29, 1.82) is 0 Å². The number of hydrogen-bond donors (Lipinski definition) is 2. The lowest BCUT2D eigenvalue weighted by atomic mass is 10.3. The summed E-state index contributed by atoms with van der Waals surface area (Å²) in [5.74, 6) is 1.51. The first kappa shape index (κ1) is 16.8. The molecule has 1 aromatic heterocycles. The van der Waals surface area contributed by atoms with E-state index in [1.807, 2.05) is 0 Å². The van der Waals surface area contributed by atoms with Crippen molar-refractivity contribution in [3.8, 4) is 11.5 Å². The Kier molecular flexibility index (Phi) is 5.76. The van der Waals surface area contributed by atoms with Crippen LogP contribution in [0.2, 0.25) is 0 Å². The molecule has 0 bridgehead atoms. The van der Waals surface area contributed by atoms with Crippen LogP contribution in [0.4, 0.5) is 10.8 Å². The van der Waals surface area contributed by atoms with Crippen molar-refractivity contribution < 1.29 is 14.3 Å². The summed E-state index contributed by atoms with van der Waals surface area (Å²) in [5.41, 5.74) is 0.684. The number of ether oxygens (including phenoxy) is 2. The number of anilines is 2. The van der Waals surface area contributed by atoms with Crippen LogP contribution < -0.4 is 20.1 Å². The molecular weight excluding hydrogens is 348 g/mol. The standard InChI is InChI=1S/C15H18N4O3S2/c1-2-3-6-16-14-18-19-15(24-14)23-8-13(20)17-10-4-5-11-12(7-10)22-9-21-11/h4-5,7H,2-3,6,8-9H2,1H3,(H,16,18)(H,17,20). The third-order valence-electron chi connectivity index (χ3n) is 3.20. The van der Waals surface area contributed by atoms with Crippen molar-refractivity contribution >= 4 is 39.8 Å². The van der Waals surface area contributed by atoms with Crippen LogP contribution in [0.15, 0.2) is 22.5 Å². The zero-order chi connectivity index (χ0) is 16.8. The van der Waals surface area contributed by atoms with E-state index in [-0.39, 0.29) is 18.5 Å². The van der Waals surface area contributed by atoms with Gasteiger partial charge in [0.05, 0.1) is 5.75 Å². The number of aromatic nitrogens is 2. The van der Waals surface area contributed by atoms with E-state index in [4.69, 9.17) is 9.47 Å². The Morgan fingerprint density at radius 3 is 3.08 bits per heavy atom. The first-order chi connectivity index (χ1) is 11.7. The fourth-order valence-corrected chi connectivity index (χ4v) is 3.59. The predicted molar refractivity (Wildman–Crippen MR) is 95.2 cm³/mol. The topological polar surface area (TPSA) is 85.4 Å². The Bertz CT molecular complexity index is 708. The van der Waals surface area contributed by atoms with Gasteiger partial charge in [-0.25, -0.2) is 0 Å². The van der Waals surface area contributed by atoms with E-state index < -0.39 is 0 Å². The number of amides is 1. The minimum atomic E-state index is -0.102. The predicted octanol–water partition coefficient (Wildman–Crippen LogP) is 3.21. The highest BCUT2D eigenvalue weighted by Gasteiger charge is 2.14. The van der Waals surface area contributed by atoms with Crippen LogP contribution in [0, 0.1) is 0 Å². The van der Waals surface area contributed by atoms with E-state index in [0.717, 1.165) is 28.9 Å². The van der Waals surface area contributed by atoms with Crippen LogP contribution in [-0.4, -0.2) is 35.2 Å². The van der Waals surface area contributed by atoms with Gasteiger partial charge in [-0.2, -0.15) is 0 Å². The summed E-state index contributed by atoms with van der Waals surface area (Å²) in [7, 11) is 0. The van der Waals surface area contributed by atoms with Crippen molar-refractivity contribution in [2.75, 3.05) is 29.7 Å². The number of rotatable bonds is 8. The van der Waals surface area contributed by atoms with Gasteiger partial charge in [-0.05, 0) is 18.6 Å². The second-order valence-corrected chi connectivity index (χ2v) is 7.26. The Labute approximate surface area is 148 Å². The van der Waals surface area contributed by atoms with Crippen LogP contribution in [0.5, 0.6) is 11.5 Å². The van der Waals surface area contributed by atoms with Crippen molar-refractivity contribution in [1.82, 2.24) is 10.2 Å². The third-order valence-corrected chi connectivity index (χ3v) is 5.21. The maximum atomic E-state index is 12.0. The number of carbonyl (C=O) groups excluding carboxylic acids is 1. The molecule has 0 radical (unpaired) electrons. The maximum Gasteiger partial charge on any atom is 0.234 e. The number of benzene rings is 1. The molecule has 0 saturated heterocycles. The Balaban J connectivity index is 1.45. The zero-order valence-corrected chi connectivity index (χ0v) is 14.8. The van der Waals surface area contributed by atoms with Crippen LogP contribution in [-0.2, 0) is 4.79 Å². The van der Waals surface area contributed by atoms with Gasteiger partial charge in [0.2, 0.25) is 17.8 Å². The molecule has 3 rings (SSSR count). The van der Waals surface area contributed by atoms with Crippen molar-refractivity contribution in [2.45, 2.75) is 24.1 Å². The molecule has 1 aliphatic rings. The highest BCUT2D eigenvalue weighted by Crippen LogP contribution is 2.34. The molecule has 2 aromatic rings. The highest BCUT2D eigenvalue weighted by molar-refractivity contribution is 8.01. The Morgan fingerprint density at radius 1 is 1.33 bits per heavy atom. The first-order valence-electron chi connectivity index (χ1n) is 7.64. The number of hydrogen-bond acceptors (Lipinski definition) is 8. The lowest BCUT2D eigenvalue weighted by Gasteiger charge is -2.05. The maximum absolute atomic E-state index is 12.0. The smallest absolute Gasteiger partial charge is 0.234 e. The molecule has 0 atom stereocenters. The average molecular weight is 366 g/mol. The monoisotopic (exact) mass is 366 g/mol. The van der Waals surface area contributed by atoms with Gasteiger partial charge in [0, 0.05) is 18.3 Å². The van der Waals surface area contributed by atoms with E-state index >= 15 is 0 Å². The molecule has 0 fully saturated rings. The van der Waals surface area contributed by atoms with Crippen molar-refractivity contribution in [2.24, 2.45) is 0 Å². The Morgan fingerprint density at radius 2 is 2.21 bits per heavy atom. The highest BCUT2D eigenvalue weighted by atomic mass is 32.2. The quantitative estimate of drug-likeness (QED) is 0.548. The molecule has 0 aliphatic carbocycles. The molecule has 9 heteroatoms. The van der Waals surface area contributed by atoms with E-state index in [2.05, 4.69) is 27.8 Å². The summed E-state index contributed by atoms with van der Waals surface area (Å²) in [5, 5.41) is 15.0. The second kappa shape index (κ2) is 8.20. The van der Waals surface area contributed by atoms with Crippen molar-refractivity contribution in [3.05, 3.63) is 18.2 Å². The summed E-state index contributed by atoms with van der Waals surface area (Å²) in [4.78, 5) is 12.0. The minimum Gasteiger partial charge on any atom is -0.454 e. The summed E-state index contributed by atoms with van der Waals surface area (Å²) in [6, 6.07) is 5.33. The third kappa shape index (κ3) is 4.51. The SMILES string of the molecule is CCCCNc1nnc(SCC(=O)Nc2ccc3c(c2)OCO3)s1. The van der Waals surface area contributed by atoms with Gasteiger partial charge in [0.1, 0.15) is 0 Å². The lowest BCUT2D eigenvalue weighted by molar-refractivity contribution is -0.113. The molecule has 1 aliphatic heterocycles. The lowest BCUT2D eigenvalue weighted by Crippen LogP contribution is -2.13. The average Bonchev–Trinajstić information content (AvgIpc) is 3.22. The molecule has 128 valence electrons. The molecule has 24 heavy (non-hydrogen) atoms. The van der Waals surface area contributed by atoms with E-state index in [0.29, 0.717) is 17.2 Å². The Hall–Kier alpha value is -2.00. The van der Waals surface area contributed by atoms with Crippen LogP contribution in [0.1, 0.15) is 19.8 Å². The number of fused-ring (bicyclic) bond motifs is 1. The second-order valence-electron chi connectivity index (χ2n) is 5.06. The van der Waals surface area contributed by atoms with Gasteiger partial charge in [-0.3, -0.25) is 4.79 Å². The van der Waals surface area contributed by atoms with E-state index in [1.165, 1.54) is 23.1 Å². The number of carbonyl (C=O) groups is 1. The molecule has 1 amide bonds. The van der Waals surface area contributed by atoms with Crippen LogP contribution in [0.25, 0.3) is 0 Å². The van der Waals surface area contributed by atoms with E-state index in [1.54, 1.807) is 18.2 Å². The van der Waals surface area contributed by atoms with Gasteiger partial charge >= 0.3 is 0 Å². The number of unbranched alkanes of at least 4 members (excludes halogenated alkanes) is 1. The van der Waals surface area contributed by atoms with Gasteiger partial charge in [-0.15, -0.1) is 10.2 Å². The molecule has 0 unspecified atom stereocenters. The molecule has 2 N–H and O–H groups in total. The van der Waals surface area contributed by atoms with Gasteiger partial charge in [0.15, 0.2) is 15.8 Å². The first-order valence-corrected chi connectivity index (χ1v) is 9.44. The fraction of sp³-hybridized carbons (Fsp3) is 0.400. The number of thioether (sulfide) groups is 1. The summed E-state index contributed by atoms with van der Waals surface area (Å²) in [6.45, 7) is 3.25. The number of nitrogens with one attached hydrogen (secondary N) is 2. The van der Waals surface area contributed by atoms with Crippen molar-refractivity contribution in [3.63, 3.8) is 0 Å². The molecule has 2 heterocycles. The molecule has 7 nitrogen and oxygen atoms in total. The van der Waals surface area contributed by atoms with Gasteiger partial charge < -0.3 is 20.1 Å². The minimum absolute atomic E-state index is 0.102. The normalized spacial score (nSPS) is 12.2. The zero-order valence-electron chi connectivity index (χ0n) is 13.2. The molecule has 0 spiro atoms. The molecular formula is C15H18N4O3S2. The van der Waals surface area contributed by atoms with Gasteiger partial charge in [0.25, 0.3) is 0 Å². The van der Waals surface area contributed by atoms with Gasteiger partial charge in [-0.1, -0.05) is 36.4 Å². The van der Waals surface area contributed by atoms with E-state index in [9.17, 15) is 4.79 Å². The molecule has 1 aromatic carbocycles. The largest absolute Gasteiger partial charge is 0.454 e. The van der Waals surface area contributed by atoms with Crippen LogP contribution in [0.3, 0.4) is 0 Å². The summed E-state index contributed by atoms with van der Waals surface area (Å²) in [6.07, 6.45) is 2.23. The summed E-state index contributed by atoms with van der Waals surface area (Å²) >= 11 is 2.83. The molecule has 0 saturated carbocycles. The fourth-order valence-electron chi connectivity index (χ4n) is 2.01. The van der Waals surface area contributed by atoms with Crippen LogP contribution >= 0.6 is 23.1 Å². The number of nitrogens with zero attached hydrogens (tertiary/aromatic N) is 2.